The van der Waals surface area contributed by atoms with Crippen LogP contribution in [0, 0.1) is 0 Å². The van der Waals surface area contributed by atoms with Crippen LogP contribution in [0.1, 0.15) is 65.2 Å². The number of carbonyl (C=O) groups is 4. The molecular formula is C18H30N2O6Sn. The molecule has 0 aromatic rings. The first-order chi connectivity index (χ1) is 12.9. The summed E-state index contributed by atoms with van der Waals surface area (Å²) in [5.41, 5.74) is 0. The van der Waals surface area contributed by atoms with Crippen molar-refractivity contribution in [2.45, 2.75) is 86.2 Å². The van der Waals surface area contributed by atoms with E-state index >= 15 is 0 Å². The number of carbonyl (C=O) groups excluding carboxylic acids is 4. The molecule has 2 unspecified atom stereocenters. The fourth-order valence-corrected chi connectivity index (χ4v) is 13.3. The minimum atomic E-state index is -4.06. The second-order valence-corrected chi connectivity index (χ2v) is 16.5. The molecule has 8 nitrogen and oxygen atoms in total. The zero-order valence-electron chi connectivity index (χ0n) is 16.2. The van der Waals surface area contributed by atoms with Gasteiger partial charge in [-0.15, -0.1) is 0 Å². The molecule has 0 saturated carbocycles. The average molecular weight is 489 g/mol. The molecule has 0 radical (unpaired) electrons. The molecular weight excluding hydrogens is 459 g/mol. The van der Waals surface area contributed by atoms with Crippen LogP contribution in [0.2, 0.25) is 8.87 Å². The molecule has 2 amide bonds. The van der Waals surface area contributed by atoms with Gasteiger partial charge >= 0.3 is 165 Å². The van der Waals surface area contributed by atoms with Crippen LogP contribution in [0.4, 0.5) is 0 Å². The summed E-state index contributed by atoms with van der Waals surface area (Å²) in [6, 6.07) is -1.30. The van der Waals surface area contributed by atoms with Crippen molar-refractivity contribution in [3.8, 4) is 0 Å². The van der Waals surface area contributed by atoms with Crippen molar-refractivity contribution >= 4 is 43.0 Å². The molecule has 2 saturated heterocycles. The Hall–Kier alpha value is -1.32. The predicted molar refractivity (Wildman–Crippen MR) is 99.7 cm³/mol. The quantitative estimate of drug-likeness (QED) is 0.452. The number of amides is 2. The maximum atomic E-state index is 12.6. The first-order valence-corrected chi connectivity index (χ1v) is 16.3. The van der Waals surface area contributed by atoms with Crippen LogP contribution in [0.5, 0.6) is 0 Å². The molecule has 0 aromatic heterocycles. The summed E-state index contributed by atoms with van der Waals surface area (Å²) in [4.78, 5) is 48.1. The molecule has 2 aliphatic rings. The van der Waals surface area contributed by atoms with Gasteiger partial charge in [0.25, 0.3) is 0 Å². The van der Waals surface area contributed by atoms with Crippen LogP contribution < -0.4 is 10.6 Å². The van der Waals surface area contributed by atoms with Gasteiger partial charge in [-0.2, -0.15) is 0 Å². The molecule has 2 rings (SSSR count). The summed E-state index contributed by atoms with van der Waals surface area (Å²) in [6.45, 7) is 4.07. The third kappa shape index (κ3) is 6.36. The maximum absolute atomic E-state index is 12.6. The molecule has 2 fully saturated rings. The summed E-state index contributed by atoms with van der Waals surface area (Å²) in [7, 11) is 0. The molecule has 152 valence electrons. The molecule has 2 aliphatic heterocycles. The van der Waals surface area contributed by atoms with Gasteiger partial charge in [0.2, 0.25) is 0 Å². The molecule has 0 spiro atoms. The van der Waals surface area contributed by atoms with E-state index in [-0.39, 0.29) is 11.8 Å². The monoisotopic (exact) mass is 490 g/mol. The minimum absolute atomic E-state index is 0.162. The Bertz CT molecular complexity index is 532. The zero-order valence-corrected chi connectivity index (χ0v) is 19.0. The van der Waals surface area contributed by atoms with Crippen molar-refractivity contribution in [1.82, 2.24) is 10.6 Å². The van der Waals surface area contributed by atoms with E-state index in [1.54, 1.807) is 0 Å². The summed E-state index contributed by atoms with van der Waals surface area (Å²) in [5.74, 6) is -1.28. The van der Waals surface area contributed by atoms with Crippen LogP contribution in [0.15, 0.2) is 0 Å². The second-order valence-electron chi connectivity index (χ2n) is 7.28. The number of hydrogen-bond donors (Lipinski definition) is 2. The van der Waals surface area contributed by atoms with Crippen LogP contribution >= 0.6 is 0 Å². The van der Waals surface area contributed by atoms with E-state index in [9.17, 15) is 19.2 Å². The van der Waals surface area contributed by atoms with Gasteiger partial charge in [-0.05, 0) is 0 Å². The van der Waals surface area contributed by atoms with E-state index < -0.39 is 43.2 Å². The normalized spacial score (nSPS) is 22.3. The Balaban J connectivity index is 2.13. The van der Waals surface area contributed by atoms with Crippen molar-refractivity contribution in [2.75, 3.05) is 0 Å². The fraction of sp³-hybridized carbons (Fsp3) is 0.778. The van der Waals surface area contributed by atoms with Crippen LogP contribution in [0.3, 0.4) is 0 Å². The van der Waals surface area contributed by atoms with E-state index in [0.717, 1.165) is 25.7 Å². The average Bonchev–Trinajstić information content (AvgIpc) is 3.26. The van der Waals surface area contributed by atoms with E-state index in [0.29, 0.717) is 34.6 Å². The van der Waals surface area contributed by atoms with Gasteiger partial charge < -0.3 is 0 Å². The molecule has 2 heterocycles. The fourth-order valence-electron chi connectivity index (χ4n) is 3.33. The number of rotatable bonds is 10. The Kier molecular flexibility index (Phi) is 8.37. The summed E-state index contributed by atoms with van der Waals surface area (Å²) in [6.07, 6.45) is 4.87. The molecule has 0 aromatic carbocycles. The number of nitrogens with one attached hydrogen (secondary N) is 2. The topological polar surface area (TPSA) is 111 Å². The Morgan fingerprint density at radius 2 is 1.30 bits per heavy atom. The molecule has 27 heavy (non-hydrogen) atoms. The third-order valence-corrected chi connectivity index (χ3v) is 14.6. The first-order valence-electron chi connectivity index (χ1n) is 9.93. The van der Waals surface area contributed by atoms with Crippen LogP contribution in [-0.2, 0) is 25.3 Å². The molecule has 0 bridgehead atoms. The zero-order chi connectivity index (χ0) is 19.9. The van der Waals surface area contributed by atoms with Gasteiger partial charge in [0.15, 0.2) is 0 Å². The van der Waals surface area contributed by atoms with E-state index in [4.69, 9.17) is 6.15 Å². The Labute approximate surface area is 165 Å². The standard InChI is InChI=1S/2C5H7NO3.2C4H9.Sn/c2*7-4-2-1-3(6-4)5(8)9;2*1-3-4-2;/h2*3H,1-2H2,(H,6,7)(H,8,9);2*1,3-4H2,2H3;/q;;;;+2/p-2. The summed E-state index contributed by atoms with van der Waals surface area (Å²) >= 11 is -4.06. The third-order valence-electron chi connectivity index (χ3n) is 4.96. The molecule has 2 atom stereocenters. The first kappa shape index (κ1) is 22.0. The van der Waals surface area contributed by atoms with Gasteiger partial charge in [0.1, 0.15) is 0 Å². The van der Waals surface area contributed by atoms with Gasteiger partial charge in [-0.3, -0.25) is 0 Å². The van der Waals surface area contributed by atoms with Crippen molar-refractivity contribution in [2.24, 2.45) is 0 Å². The van der Waals surface area contributed by atoms with E-state index in [2.05, 4.69) is 10.6 Å². The molecule has 2 N–H and O–H groups in total. The van der Waals surface area contributed by atoms with Crippen LogP contribution in [-0.4, -0.2) is 55.0 Å². The van der Waals surface area contributed by atoms with Crippen molar-refractivity contribution in [3.05, 3.63) is 0 Å². The van der Waals surface area contributed by atoms with Crippen molar-refractivity contribution < 1.29 is 25.3 Å². The molecule has 0 aliphatic carbocycles. The Morgan fingerprint density at radius 3 is 1.59 bits per heavy atom. The van der Waals surface area contributed by atoms with Crippen LogP contribution in [0.25, 0.3) is 0 Å². The summed E-state index contributed by atoms with van der Waals surface area (Å²) in [5, 5.41) is 5.25. The number of hydrogen-bond acceptors (Lipinski definition) is 6. The second kappa shape index (κ2) is 10.3. The van der Waals surface area contributed by atoms with Crippen molar-refractivity contribution in [1.29, 1.82) is 0 Å². The van der Waals surface area contributed by atoms with Gasteiger partial charge in [-0.25, -0.2) is 0 Å². The predicted octanol–water partition coefficient (Wildman–Crippen LogP) is 1.67. The Morgan fingerprint density at radius 1 is 0.889 bits per heavy atom. The van der Waals surface area contributed by atoms with Gasteiger partial charge in [-0.1, -0.05) is 0 Å². The SMILES string of the molecule is CCC[CH2][Sn]([CH2]CCC)([O]C(=O)C1CCC(=O)N1)[O]C(=O)C1CCC(=O)N1. The van der Waals surface area contributed by atoms with Crippen molar-refractivity contribution in [3.63, 3.8) is 0 Å². The van der Waals surface area contributed by atoms with E-state index in [1.807, 2.05) is 13.8 Å². The molecule has 9 heteroatoms. The number of unbranched alkanes of at least 4 members (excludes halogenated alkanes) is 2. The van der Waals surface area contributed by atoms with Gasteiger partial charge in [0, 0.05) is 0 Å². The summed E-state index contributed by atoms with van der Waals surface area (Å²) < 4.78 is 13.1. The van der Waals surface area contributed by atoms with Gasteiger partial charge in [0.05, 0.1) is 0 Å². The van der Waals surface area contributed by atoms with E-state index in [1.165, 1.54) is 0 Å².